The van der Waals surface area contributed by atoms with E-state index in [1.54, 1.807) is 25.1 Å². The third kappa shape index (κ3) is 6.26. The second kappa shape index (κ2) is 12.1. The van der Waals surface area contributed by atoms with E-state index >= 15 is 0 Å². The van der Waals surface area contributed by atoms with Gasteiger partial charge in [0.15, 0.2) is 11.0 Å². The minimum atomic E-state index is -0.277. The first kappa shape index (κ1) is 25.8. The molecule has 1 aromatic heterocycles. The quantitative estimate of drug-likeness (QED) is 0.154. The minimum Gasteiger partial charge on any atom is -0.494 e. The van der Waals surface area contributed by atoms with Gasteiger partial charge in [-0.25, -0.2) is 5.43 Å². The molecule has 4 aromatic rings. The van der Waals surface area contributed by atoms with Crippen LogP contribution in [0, 0.1) is 0 Å². The lowest BCUT2D eigenvalue weighted by atomic mass is 10.1. The van der Waals surface area contributed by atoms with E-state index in [2.05, 4.69) is 20.7 Å². The van der Waals surface area contributed by atoms with Crippen LogP contribution < -0.4 is 10.2 Å². The fourth-order valence-electron chi connectivity index (χ4n) is 3.36. The van der Waals surface area contributed by atoms with Crippen molar-refractivity contribution in [2.75, 3.05) is 12.4 Å². The number of aromatic nitrogens is 3. The average Bonchev–Trinajstić information content (AvgIpc) is 3.31. The molecule has 0 saturated heterocycles. The lowest BCUT2D eigenvalue weighted by molar-refractivity contribution is -0.118. The number of nitrogens with zero attached hydrogens (tertiary/aromatic N) is 4. The number of carbonyl (C=O) groups excluding carboxylic acids is 1. The van der Waals surface area contributed by atoms with Gasteiger partial charge < -0.3 is 4.74 Å². The molecule has 0 unspecified atom stereocenters. The zero-order chi connectivity index (χ0) is 25.5. The van der Waals surface area contributed by atoms with Crippen molar-refractivity contribution < 1.29 is 9.53 Å². The van der Waals surface area contributed by atoms with Crippen molar-refractivity contribution in [3.05, 3.63) is 88.4 Å². The molecule has 0 aliphatic carbocycles. The van der Waals surface area contributed by atoms with Crippen LogP contribution in [0.4, 0.5) is 0 Å². The van der Waals surface area contributed by atoms with Gasteiger partial charge in [0.05, 0.1) is 18.1 Å². The van der Waals surface area contributed by atoms with E-state index in [-0.39, 0.29) is 11.7 Å². The second-order valence-electron chi connectivity index (χ2n) is 7.58. The topological polar surface area (TPSA) is 81.4 Å². The SMILES string of the molecule is CCOc1ccc(-n2c(SCC(=O)N/N=C(\C)c3ccccc3Cl)nnc2-c2ccc(Cl)cc2)cc1. The van der Waals surface area contributed by atoms with Gasteiger partial charge in [-0.1, -0.05) is 53.2 Å². The molecule has 0 spiro atoms. The van der Waals surface area contributed by atoms with E-state index in [0.29, 0.717) is 33.3 Å². The van der Waals surface area contributed by atoms with Crippen molar-refractivity contribution in [2.24, 2.45) is 5.10 Å². The standard InChI is InChI=1S/C26H23Cl2N5O2S/c1-3-35-21-14-12-20(13-15-21)33-25(18-8-10-19(27)11-9-18)31-32-26(33)36-16-24(34)30-29-17(2)22-6-4-5-7-23(22)28/h4-15H,3,16H2,1-2H3,(H,30,34)/b29-17+. The van der Waals surface area contributed by atoms with E-state index in [1.165, 1.54) is 11.8 Å². The maximum Gasteiger partial charge on any atom is 0.250 e. The van der Waals surface area contributed by atoms with Gasteiger partial charge in [-0.05, 0) is 68.4 Å². The molecule has 1 heterocycles. The summed E-state index contributed by atoms with van der Waals surface area (Å²) in [6.45, 7) is 4.30. The van der Waals surface area contributed by atoms with Crippen LogP contribution in [0.15, 0.2) is 83.1 Å². The highest BCUT2D eigenvalue weighted by Gasteiger charge is 2.17. The Morgan fingerprint density at radius 2 is 1.75 bits per heavy atom. The first-order valence-corrected chi connectivity index (χ1v) is 12.9. The highest BCUT2D eigenvalue weighted by molar-refractivity contribution is 7.99. The monoisotopic (exact) mass is 539 g/mol. The summed E-state index contributed by atoms with van der Waals surface area (Å²) in [7, 11) is 0. The van der Waals surface area contributed by atoms with Gasteiger partial charge in [-0.15, -0.1) is 10.2 Å². The fraction of sp³-hybridized carbons (Fsp3) is 0.154. The first-order valence-electron chi connectivity index (χ1n) is 11.1. The Hall–Kier alpha value is -3.33. The molecule has 1 N–H and O–H groups in total. The molecular formula is C26H23Cl2N5O2S. The van der Waals surface area contributed by atoms with Crippen LogP contribution in [0.25, 0.3) is 17.1 Å². The Balaban J connectivity index is 1.55. The summed E-state index contributed by atoms with van der Waals surface area (Å²) in [6.07, 6.45) is 0. The number of halogens is 2. The van der Waals surface area contributed by atoms with Crippen molar-refractivity contribution in [3.8, 4) is 22.8 Å². The molecule has 36 heavy (non-hydrogen) atoms. The maximum atomic E-state index is 12.6. The predicted octanol–water partition coefficient (Wildman–Crippen LogP) is 6.27. The summed E-state index contributed by atoms with van der Waals surface area (Å²) in [5, 5.41) is 14.7. The third-order valence-electron chi connectivity index (χ3n) is 5.09. The van der Waals surface area contributed by atoms with E-state index in [0.717, 1.165) is 22.6 Å². The van der Waals surface area contributed by atoms with Crippen molar-refractivity contribution in [3.63, 3.8) is 0 Å². The van der Waals surface area contributed by atoms with Crippen molar-refractivity contribution in [2.45, 2.75) is 19.0 Å². The van der Waals surface area contributed by atoms with Crippen molar-refractivity contribution >= 4 is 46.6 Å². The highest BCUT2D eigenvalue weighted by Crippen LogP contribution is 2.29. The lowest BCUT2D eigenvalue weighted by Crippen LogP contribution is -2.21. The van der Waals surface area contributed by atoms with Crippen LogP contribution in [0.1, 0.15) is 19.4 Å². The van der Waals surface area contributed by atoms with Gasteiger partial charge >= 0.3 is 0 Å². The number of amides is 1. The summed E-state index contributed by atoms with van der Waals surface area (Å²) in [4.78, 5) is 12.6. The van der Waals surface area contributed by atoms with E-state index in [9.17, 15) is 4.79 Å². The predicted molar refractivity (Wildman–Crippen MR) is 146 cm³/mol. The maximum absolute atomic E-state index is 12.6. The van der Waals surface area contributed by atoms with Crippen LogP contribution >= 0.6 is 35.0 Å². The number of hydrazone groups is 1. The number of hydrogen-bond acceptors (Lipinski definition) is 6. The van der Waals surface area contributed by atoms with E-state index in [1.807, 2.05) is 66.1 Å². The summed E-state index contributed by atoms with van der Waals surface area (Å²) < 4.78 is 7.46. The Labute approximate surface area is 223 Å². The van der Waals surface area contributed by atoms with Crippen LogP contribution in [0.2, 0.25) is 10.0 Å². The smallest absolute Gasteiger partial charge is 0.250 e. The molecule has 1 amide bonds. The van der Waals surface area contributed by atoms with Crippen LogP contribution in [-0.2, 0) is 4.79 Å². The summed E-state index contributed by atoms with van der Waals surface area (Å²) in [5.74, 6) is 1.21. The largest absolute Gasteiger partial charge is 0.494 e. The van der Waals surface area contributed by atoms with Crippen molar-refractivity contribution in [1.29, 1.82) is 0 Å². The lowest BCUT2D eigenvalue weighted by Gasteiger charge is -2.11. The van der Waals surface area contributed by atoms with Gasteiger partial charge in [-0.3, -0.25) is 9.36 Å². The number of thioether (sulfide) groups is 1. The van der Waals surface area contributed by atoms with Crippen LogP contribution in [-0.4, -0.2) is 38.7 Å². The molecule has 0 bridgehead atoms. The molecule has 3 aromatic carbocycles. The zero-order valence-corrected chi connectivity index (χ0v) is 21.9. The van der Waals surface area contributed by atoms with Gasteiger partial charge in [-0.2, -0.15) is 5.10 Å². The average molecular weight is 540 g/mol. The fourth-order valence-corrected chi connectivity index (χ4v) is 4.51. The van der Waals surface area contributed by atoms with Gasteiger partial charge in [0, 0.05) is 26.9 Å². The number of ether oxygens (including phenoxy) is 1. The first-order chi connectivity index (χ1) is 17.5. The number of benzene rings is 3. The Bertz CT molecular complexity index is 1370. The van der Waals surface area contributed by atoms with Gasteiger partial charge in [0.25, 0.3) is 5.91 Å². The normalized spacial score (nSPS) is 11.4. The highest BCUT2D eigenvalue weighted by atomic mass is 35.5. The molecule has 0 aliphatic heterocycles. The molecular weight excluding hydrogens is 517 g/mol. The number of carbonyl (C=O) groups is 1. The van der Waals surface area contributed by atoms with Crippen LogP contribution in [0.3, 0.4) is 0 Å². The molecule has 0 aliphatic rings. The van der Waals surface area contributed by atoms with Crippen LogP contribution in [0.5, 0.6) is 5.75 Å². The molecule has 7 nitrogen and oxygen atoms in total. The third-order valence-corrected chi connectivity index (χ3v) is 6.60. The Morgan fingerprint density at radius 1 is 1.03 bits per heavy atom. The summed E-state index contributed by atoms with van der Waals surface area (Å²) in [5.41, 5.74) is 5.64. The van der Waals surface area contributed by atoms with Gasteiger partial charge in [0.1, 0.15) is 5.75 Å². The molecule has 0 radical (unpaired) electrons. The number of hydrogen-bond donors (Lipinski definition) is 1. The molecule has 184 valence electrons. The Morgan fingerprint density at radius 3 is 2.44 bits per heavy atom. The van der Waals surface area contributed by atoms with Gasteiger partial charge in [0.2, 0.25) is 0 Å². The minimum absolute atomic E-state index is 0.0923. The molecule has 10 heteroatoms. The number of nitrogens with one attached hydrogen (secondary N) is 1. The van der Waals surface area contributed by atoms with E-state index < -0.39 is 0 Å². The summed E-state index contributed by atoms with van der Waals surface area (Å²) >= 11 is 13.5. The molecule has 0 atom stereocenters. The molecule has 0 saturated carbocycles. The molecule has 4 rings (SSSR count). The molecule has 0 fully saturated rings. The zero-order valence-electron chi connectivity index (χ0n) is 19.6. The van der Waals surface area contributed by atoms with E-state index in [4.69, 9.17) is 27.9 Å². The van der Waals surface area contributed by atoms with Crippen molar-refractivity contribution in [1.82, 2.24) is 20.2 Å². The number of rotatable bonds is 9. The second-order valence-corrected chi connectivity index (χ2v) is 9.36. The summed E-state index contributed by atoms with van der Waals surface area (Å²) in [6, 6.07) is 22.3. The Kier molecular flexibility index (Phi) is 8.64.